The van der Waals surface area contributed by atoms with Crippen LogP contribution in [0.2, 0.25) is 0 Å². The van der Waals surface area contributed by atoms with Gasteiger partial charge in [0, 0.05) is 11.9 Å². The molecule has 114 valence electrons. The molecule has 0 aliphatic rings. The molecule has 6 heteroatoms. The van der Waals surface area contributed by atoms with Crippen LogP contribution < -0.4 is 5.32 Å². The van der Waals surface area contributed by atoms with Crippen molar-refractivity contribution in [3.63, 3.8) is 0 Å². The van der Waals surface area contributed by atoms with E-state index in [0.29, 0.717) is 18.3 Å². The molecule has 0 bridgehead atoms. The highest BCUT2D eigenvalue weighted by molar-refractivity contribution is 7.09. The fraction of sp³-hybridized carbons (Fsp3) is 0.714. The van der Waals surface area contributed by atoms with Crippen molar-refractivity contribution in [3.05, 3.63) is 16.1 Å². The third-order valence-electron chi connectivity index (χ3n) is 3.01. The number of rotatable bonds is 8. The van der Waals surface area contributed by atoms with Gasteiger partial charge in [-0.05, 0) is 19.4 Å². The third-order valence-corrected chi connectivity index (χ3v) is 4.28. The molecule has 1 atom stereocenters. The van der Waals surface area contributed by atoms with Crippen LogP contribution in [0.5, 0.6) is 0 Å². The van der Waals surface area contributed by atoms with Gasteiger partial charge in [0.25, 0.3) is 0 Å². The Hall–Kier alpha value is -0.650. The lowest BCUT2D eigenvalue weighted by molar-refractivity contribution is -0.122. The minimum Gasteiger partial charge on any atom is -0.355 e. The zero-order valence-corrected chi connectivity index (χ0v) is 14.2. The Kier molecular flexibility index (Phi) is 7.48. The van der Waals surface area contributed by atoms with Crippen LogP contribution in [0.1, 0.15) is 43.9 Å². The number of hydrogen-bond acceptors (Lipinski definition) is 4. The molecule has 0 aromatic carbocycles. The Morgan fingerprint density at radius 3 is 2.75 bits per heavy atom. The number of alkyl halides is 1. The van der Waals surface area contributed by atoms with E-state index in [0.717, 1.165) is 23.7 Å². The Labute approximate surface area is 130 Å². The van der Waals surface area contributed by atoms with Crippen molar-refractivity contribution in [2.45, 2.75) is 39.1 Å². The summed E-state index contributed by atoms with van der Waals surface area (Å²) in [4.78, 5) is 18.4. The van der Waals surface area contributed by atoms with Crippen LogP contribution in [0.3, 0.4) is 0 Å². The maximum atomic E-state index is 11.9. The lowest BCUT2D eigenvalue weighted by atomic mass is 10.2. The first-order valence-electron chi connectivity index (χ1n) is 6.95. The summed E-state index contributed by atoms with van der Waals surface area (Å²) in [6.45, 7) is 7.39. The highest BCUT2D eigenvalue weighted by Gasteiger charge is 2.20. The van der Waals surface area contributed by atoms with Gasteiger partial charge in [-0.3, -0.25) is 9.69 Å². The van der Waals surface area contributed by atoms with Crippen LogP contribution in [0.15, 0.2) is 5.38 Å². The molecule has 1 aromatic heterocycles. The topological polar surface area (TPSA) is 45.2 Å². The van der Waals surface area contributed by atoms with Gasteiger partial charge in [0.05, 0.1) is 24.2 Å². The predicted octanol–water partition coefficient (Wildman–Crippen LogP) is 3.04. The van der Waals surface area contributed by atoms with E-state index in [9.17, 15) is 4.79 Å². The number of carbonyl (C=O) groups excluding carboxylic acids is 1. The molecular formula is C14H24ClN3OS. The lowest BCUT2D eigenvalue weighted by Crippen LogP contribution is -2.38. The smallest absolute Gasteiger partial charge is 0.234 e. The van der Waals surface area contributed by atoms with E-state index in [2.05, 4.69) is 31.1 Å². The Balaban J connectivity index is 2.58. The highest BCUT2D eigenvalue weighted by atomic mass is 35.5. The van der Waals surface area contributed by atoms with Gasteiger partial charge in [-0.25, -0.2) is 4.98 Å². The van der Waals surface area contributed by atoms with Gasteiger partial charge in [-0.1, -0.05) is 20.8 Å². The summed E-state index contributed by atoms with van der Waals surface area (Å²) in [5, 5.41) is 5.95. The van der Waals surface area contributed by atoms with E-state index in [4.69, 9.17) is 11.6 Å². The summed E-state index contributed by atoms with van der Waals surface area (Å²) in [7, 11) is 1.96. The minimum atomic E-state index is 0.0637. The summed E-state index contributed by atoms with van der Waals surface area (Å²) in [5.74, 6) is 0.969. The van der Waals surface area contributed by atoms with Crippen molar-refractivity contribution in [2.75, 3.05) is 20.1 Å². The number of carbonyl (C=O) groups is 1. The van der Waals surface area contributed by atoms with E-state index < -0.39 is 0 Å². The molecule has 0 saturated heterocycles. The Morgan fingerprint density at radius 1 is 1.55 bits per heavy atom. The number of thiazole rings is 1. The van der Waals surface area contributed by atoms with Crippen molar-refractivity contribution >= 4 is 28.8 Å². The largest absolute Gasteiger partial charge is 0.355 e. The van der Waals surface area contributed by atoms with E-state index >= 15 is 0 Å². The van der Waals surface area contributed by atoms with Crippen LogP contribution in [-0.2, 0) is 10.7 Å². The first-order chi connectivity index (χ1) is 9.47. The van der Waals surface area contributed by atoms with Crippen LogP contribution in [0.25, 0.3) is 0 Å². The van der Waals surface area contributed by atoms with E-state index in [1.54, 1.807) is 11.3 Å². The van der Waals surface area contributed by atoms with Crippen LogP contribution in [0, 0.1) is 5.92 Å². The maximum absolute atomic E-state index is 11.9. The predicted molar refractivity (Wildman–Crippen MR) is 85.2 cm³/mol. The molecule has 0 spiro atoms. The number of hydrogen-bond donors (Lipinski definition) is 1. The Bertz CT molecular complexity index is 422. The van der Waals surface area contributed by atoms with E-state index in [-0.39, 0.29) is 11.9 Å². The van der Waals surface area contributed by atoms with Gasteiger partial charge in [0.2, 0.25) is 5.91 Å². The highest BCUT2D eigenvalue weighted by Crippen LogP contribution is 2.26. The van der Waals surface area contributed by atoms with Crippen molar-refractivity contribution in [2.24, 2.45) is 5.92 Å². The summed E-state index contributed by atoms with van der Waals surface area (Å²) in [6, 6.07) is 0.168. The molecule has 1 N–H and O–H groups in total. The third kappa shape index (κ3) is 5.38. The van der Waals surface area contributed by atoms with Gasteiger partial charge in [-0.15, -0.1) is 22.9 Å². The van der Waals surface area contributed by atoms with Gasteiger partial charge in [0.1, 0.15) is 5.01 Å². The summed E-state index contributed by atoms with van der Waals surface area (Å²) < 4.78 is 0. The molecule has 0 radical (unpaired) electrons. The number of amides is 1. The zero-order chi connectivity index (χ0) is 15.1. The number of nitrogens with zero attached hydrogens (tertiary/aromatic N) is 2. The van der Waals surface area contributed by atoms with Crippen molar-refractivity contribution in [3.8, 4) is 0 Å². The quantitative estimate of drug-likeness (QED) is 0.750. The van der Waals surface area contributed by atoms with E-state index in [1.165, 1.54) is 0 Å². The summed E-state index contributed by atoms with van der Waals surface area (Å²) >= 11 is 7.40. The molecule has 4 nitrogen and oxygen atoms in total. The molecule has 0 fully saturated rings. The number of aromatic nitrogens is 1. The van der Waals surface area contributed by atoms with Gasteiger partial charge in [0.15, 0.2) is 0 Å². The number of nitrogens with one attached hydrogen (secondary N) is 1. The standard InChI is InChI=1S/C14H24ClN3OS/c1-5-12(14-17-11(6-15)9-20-14)18(4)8-13(19)16-7-10(2)3/h9-10,12H,5-8H2,1-4H3,(H,16,19). The van der Waals surface area contributed by atoms with Crippen molar-refractivity contribution < 1.29 is 4.79 Å². The number of likely N-dealkylation sites (N-methyl/N-ethyl adjacent to an activating group) is 1. The number of halogens is 1. The molecule has 1 rings (SSSR count). The Morgan fingerprint density at radius 2 is 2.25 bits per heavy atom. The molecule has 1 unspecified atom stereocenters. The average Bonchev–Trinajstić information content (AvgIpc) is 2.86. The zero-order valence-electron chi connectivity index (χ0n) is 12.6. The van der Waals surface area contributed by atoms with E-state index in [1.807, 2.05) is 17.3 Å². The fourth-order valence-electron chi connectivity index (χ4n) is 1.92. The second-order valence-corrected chi connectivity index (χ2v) is 6.50. The van der Waals surface area contributed by atoms with Crippen LogP contribution in [0.4, 0.5) is 0 Å². The summed E-state index contributed by atoms with van der Waals surface area (Å²) in [5.41, 5.74) is 0.905. The maximum Gasteiger partial charge on any atom is 0.234 e. The van der Waals surface area contributed by atoms with Crippen LogP contribution >= 0.6 is 22.9 Å². The molecular weight excluding hydrogens is 294 g/mol. The average molecular weight is 318 g/mol. The van der Waals surface area contributed by atoms with Crippen molar-refractivity contribution in [1.82, 2.24) is 15.2 Å². The monoisotopic (exact) mass is 317 g/mol. The molecule has 1 aromatic rings. The summed E-state index contributed by atoms with van der Waals surface area (Å²) in [6.07, 6.45) is 0.920. The minimum absolute atomic E-state index is 0.0637. The SMILES string of the molecule is CCC(c1nc(CCl)cs1)N(C)CC(=O)NCC(C)C. The molecule has 1 amide bonds. The van der Waals surface area contributed by atoms with Gasteiger partial charge in [-0.2, -0.15) is 0 Å². The first-order valence-corrected chi connectivity index (χ1v) is 8.36. The normalized spacial score (nSPS) is 12.9. The lowest BCUT2D eigenvalue weighted by Gasteiger charge is -2.25. The second kappa shape index (κ2) is 8.60. The fourth-order valence-corrected chi connectivity index (χ4v) is 3.22. The molecule has 0 aliphatic carbocycles. The second-order valence-electron chi connectivity index (χ2n) is 5.35. The molecule has 0 saturated carbocycles. The van der Waals surface area contributed by atoms with Crippen LogP contribution in [-0.4, -0.2) is 35.9 Å². The molecule has 1 heterocycles. The first kappa shape index (κ1) is 17.4. The van der Waals surface area contributed by atoms with Crippen molar-refractivity contribution in [1.29, 1.82) is 0 Å². The molecule has 0 aliphatic heterocycles. The van der Waals surface area contributed by atoms with Gasteiger partial charge >= 0.3 is 0 Å². The molecule has 20 heavy (non-hydrogen) atoms. The van der Waals surface area contributed by atoms with Gasteiger partial charge < -0.3 is 5.32 Å².